The third-order valence-corrected chi connectivity index (χ3v) is 3.20. The topological polar surface area (TPSA) is 42.7 Å². The van der Waals surface area contributed by atoms with Gasteiger partial charge in [0.1, 0.15) is 5.82 Å². The van der Waals surface area contributed by atoms with Crippen molar-refractivity contribution in [1.29, 1.82) is 0 Å². The summed E-state index contributed by atoms with van der Waals surface area (Å²) < 4.78 is 6.40. The Balaban J connectivity index is 2.23. The first kappa shape index (κ1) is 12.1. The molecule has 0 saturated heterocycles. The Morgan fingerprint density at radius 2 is 1.76 bits per heavy atom. The Hall–Kier alpha value is -1.36. The highest BCUT2D eigenvalue weighted by atomic mass is 32.1. The molecule has 2 aromatic heterocycles. The molecular formula is C12H18N4S. The molecule has 0 bridgehead atoms. The molecule has 1 N–H and O–H groups in total. The zero-order valence-corrected chi connectivity index (χ0v) is 11.7. The molecule has 0 aromatic carbocycles. The highest BCUT2D eigenvalue weighted by Crippen LogP contribution is 2.23. The normalized spacial score (nSPS) is 11.8. The van der Waals surface area contributed by atoms with Crippen LogP contribution in [0.25, 0.3) is 0 Å². The van der Waals surface area contributed by atoms with E-state index in [0.717, 1.165) is 22.3 Å². The fourth-order valence-corrected chi connectivity index (χ4v) is 2.26. The van der Waals surface area contributed by atoms with Crippen molar-refractivity contribution in [3.8, 4) is 0 Å². The molecule has 0 aliphatic rings. The van der Waals surface area contributed by atoms with Gasteiger partial charge in [-0.1, -0.05) is 20.8 Å². The molecule has 5 heteroatoms. The molecule has 0 atom stereocenters. The minimum Gasteiger partial charge on any atom is -0.268 e. The molecule has 92 valence electrons. The van der Waals surface area contributed by atoms with Crippen molar-refractivity contribution in [2.75, 3.05) is 5.43 Å². The molecule has 0 aliphatic carbocycles. The molecule has 4 nitrogen and oxygen atoms in total. The number of rotatable bonds is 2. The average Bonchev–Trinajstić information content (AvgIpc) is 2.79. The highest BCUT2D eigenvalue weighted by Gasteiger charge is 2.19. The number of anilines is 1. The first-order valence-corrected chi connectivity index (χ1v) is 6.41. The van der Waals surface area contributed by atoms with Crippen LogP contribution in [0.15, 0.2) is 12.1 Å². The molecular weight excluding hydrogens is 232 g/mol. The third kappa shape index (κ3) is 2.49. The van der Waals surface area contributed by atoms with Crippen LogP contribution in [-0.2, 0) is 5.41 Å². The van der Waals surface area contributed by atoms with Crippen molar-refractivity contribution in [2.24, 2.45) is 0 Å². The zero-order chi connectivity index (χ0) is 12.6. The van der Waals surface area contributed by atoms with Gasteiger partial charge in [-0.3, -0.25) is 10.1 Å². The van der Waals surface area contributed by atoms with Gasteiger partial charge in [-0.2, -0.15) is 4.37 Å². The smallest absolute Gasteiger partial charge is 0.221 e. The Kier molecular flexibility index (Phi) is 2.95. The number of aromatic nitrogens is 3. The maximum Gasteiger partial charge on any atom is 0.221 e. The Morgan fingerprint density at radius 3 is 2.24 bits per heavy atom. The standard InChI is InChI=1S/C12H18N4S/c1-8-6-7-9(2)16(8)14-11-13-10(15-17-11)12(3,4)5/h6-7H,1-5H3,(H,13,14,15). The minimum absolute atomic E-state index is 0.00277. The predicted octanol–water partition coefficient (Wildman–Crippen LogP) is 3.13. The summed E-state index contributed by atoms with van der Waals surface area (Å²) in [7, 11) is 0. The van der Waals surface area contributed by atoms with Crippen LogP contribution in [0.5, 0.6) is 0 Å². The molecule has 0 unspecified atom stereocenters. The van der Waals surface area contributed by atoms with Gasteiger partial charge < -0.3 is 0 Å². The third-order valence-electron chi connectivity index (χ3n) is 2.58. The van der Waals surface area contributed by atoms with E-state index in [1.54, 1.807) is 0 Å². The van der Waals surface area contributed by atoms with Crippen LogP contribution in [0.2, 0.25) is 0 Å². The molecule has 2 aromatic rings. The SMILES string of the molecule is Cc1ccc(C)n1Nc1nc(C(C)(C)C)ns1. The summed E-state index contributed by atoms with van der Waals surface area (Å²) in [4.78, 5) is 4.51. The Bertz CT molecular complexity index is 499. The predicted molar refractivity (Wildman–Crippen MR) is 71.5 cm³/mol. The minimum atomic E-state index is -0.00277. The summed E-state index contributed by atoms with van der Waals surface area (Å²) in [6.45, 7) is 10.5. The molecule has 0 spiro atoms. The van der Waals surface area contributed by atoms with Crippen LogP contribution in [-0.4, -0.2) is 14.0 Å². The summed E-state index contributed by atoms with van der Waals surface area (Å²) >= 11 is 1.40. The van der Waals surface area contributed by atoms with E-state index in [1.165, 1.54) is 11.5 Å². The van der Waals surface area contributed by atoms with Gasteiger partial charge in [0.2, 0.25) is 5.13 Å². The second-order valence-electron chi connectivity index (χ2n) is 5.24. The average molecular weight is 250 g/mol. The highest BCUT2D eigenvalue weighted by molar-refractivity contribution is 7.09. The van der Waals surface area contributed by atoms with E-state index < -0.39 is 0 Å². The number of nitrogens with one attached hydrogen (secondary N) is 1. The second-order valence-corrected chi connectivity index (χ2v) is 5.99. The van der Waals surface area contributed by atoms with Gasteiger partial charge >= 0.3 is 0 Å². The van der Waals surface area contributed by atoms with Gasteiger partial charge in [0.05, 0.1) is 0 Å². The maximum atomic E-state index is 4.51. The number of hydrogen-bond donors (Lipinski definition) is 1. The summed E-state index contributed by atoms with van der Waals surface area (Å²) in [6, 6.07) is 4.15. The van der Waals surface area contributed by atoms with Crippen LogP contribution < -0.4 is 5.43 Å². The van der Waals surface area contributed by atoms with E-state index in [9.17, 15) is 0 Å². The molecule has 0 saturated carbocycles. The lowest BCUT2D eigenvalue weighted by molar-refractivity contribution is 0.555. The van der Waals surface area contributed by atoms with Gasteiger partial charge in [-0.15, -0.1) is 0 Å². The Morgan fingerprint density at radius 1 is 1.18 bits per heavy atom. The van der Waals surface area contributed by atoms with E-state index in [2.05, 4.69) is 61.5 Å². The van der Waals surface area contributed by atoms with Crippen LogP contribution >= 0.6 is 11.5 Å². The van der Waals surface area contributed by atoms with E-state index in [0.29, 0.717) is 0 Å². The van der Waals surface area contributed by atoms with Crippen molar-refractivity contribution in [3.05, 3.63) is 29.3 Å². The van der Waals surface area contributed by atoms with Gasteiger partial charge in [-0.25, -0.2) is 4.98 Å². The van der Waals surface area contributed by atoms with E-state index in [4.69, 9.17) is 0 Å². The van der Waals surface area contributed by atoms with Gasteiger partial charge in [0.25, 0.3) is 0 Å². The van der Waals surface area contributed by atoms with Crippen LogP contribution in [0.3, 0.4) is 0 Å². The summed E-state index contributed by atoms with van der Waals surface area (Å²) in [5.41, 5.74) is 5.60. The number of nitrogens with zero attached hydrogens (tertiary/aromatic N) is 3. The van der Waals surface area contributed by atoms with Crippen LogP contribution in [0.4, 0.5) is 5.13 Å². The van der Waals surface area contributed by atoms with Crippen molar-refractivity contribution in [3.63, 3.8) is 0 Å². The first-order valence-electron chi connectivity index (χ1n) is 5.64. The van der Waals surface area contributed by atoms with E-state index in [-0.39, 0.29) is 5.41 Å². The maximum absolute atomic E-state index is 4.51. The quantitative estimate of drug-likeness (QED) is 0.890. The first-order chi connectivity index (χ1) is 7.88. The molecule has 2 heterocycles. The molecule has 17 heavy (non-hydrogen) atoms. The van der Waals surface area contributed by atoms with Crippen LogP contribution in [0.1, 0.15) is 38.0 Å². The monoisotopic (exact) mass is 250 g/mol. The van der Waals surface area contributed by atoms with Crippen molar-refractivity contribution in [1.82, 2.24) is 14.0 Å². The molecule has 0 radical (unpaired) electrons. The summed E-state index contributed by atoms with van der Waals surface area (Å²) in [5.74, 6) is 0.882. The van der Waals surface area contributed by atoms with Gasteiger partial charge in [-0.05, 0) is 26.0 Å². The van der Waals surface area contributed by atoms with Gasteiger partial charge in [0.15, 0.2) is 0 Å². The van der Waals surface area contributed by atoms with E-state index in [1.807, 2.05) is 4.68 Å². The van der Waals surface area contributed by atoms with E-state index >= 15 is 0 Å². The van der Waals surface area contributed by atoms with Gasteiger partial charge in [0, 0.05) is 28.3 Å². The van der Waals surface area contributed by atoms with Crippen molar-refractivity contribution >= 4 is 16.7 Å². The van der Waals surface area contributed by atoms with Crippen molar-refractivity contribution < 1.29 is 0 Å². The van der Waals surface area contributed by atoms with Crippen molar-refractivity contribution in [2.45, 2.75) is 40.0 Å². The molecule has 0 amide bonds. The lowest BCUT2D eigenvalue weighted by Crippen LogP contribution is -2.15. The summed E-state index contributed by atoms with van der Waals surface area (Å²) in [5, 5.41) is 0.831. The summed E-state index contributed by atoms with van der Waals surface area (Å²) in [6.07, 6.45) is 0. The van der Waals surface area contributed by atoms with Crippen LogP contribution in [0, 0.1) is 13.8 Å². The Labute approximate surface area is 106 Å². The fraction of sp³-hybridized carbons (Fsp3) is 0.500. The lowest BCUT2D eigenvalue weighted by atomic mass is 9.96. The second kappa shape index (κ2) is 4.14. The lowest BCUT2D eigenvalue weighted by Gasteiger charge is -2.12. The molecule has 0 aliphatic heterocycles. The largest absolute Gasteiger partial charge is 0.268 e. The fourth-order valence-electron chi connectivity index (χ4n) is 1.51. The number of aryl methyl sites for hydroxylation is 2. The number of hydrogen-bond acceptors (Lipinski definition) is 4. The zero-order valence-electron chi connectivity index (χ0n) is 10.9. The molecule has 0 fully saturated rings. The molecule has 2 rings (SSSR count).